The first-order chi connectivity index (χ1) is 14.2. The molecule has 2 aromatic heterocycles. The van der Waals surface area contributed by atoms with Gasteiger partial charge in [-0.1, -0.05) is 6.07 Å². The molecule has 0 atom stereocenters. The number of nitrogens with zero attached hydrogens (tertiary/aromatic N) is 4. The minimum atomic E-state index is -5.08. The smallest absolute Gasteiger partial charge is 0.475 e. The molecule has 1 aliphatic heterocycles. The van der Waals surface area contributed by atoms with E-state index >= 15 is 0 Å². The minimum absolute atomic E-state index is 0.0161. The van der Waals surface area contributed by atoms with E-state index < -0.39 is 12.1 Å². The predicted octanol–water partition coefficient (Wildman–Crippen LogP) is 2.93. The number of hydrogen-bond acceptors (Lipinski definition) is 5. The second kappa shape index (κ2) is 8.76. The average Bonchev–Trinajstić information content (AvgIpc) is 3.53. The van der Waals surface area contributed by atoms with Crippen LogP contribution in [-0.2, 0) is 17.6 Å². The van der Waals surface area contributed by atoms with Crippen LogP contribution in [0, 0.1) is 6.92 Å². The Bertz CT molecular complexity index is 945. The van der Waals surface area contributed by atoms with E-state index in [9.17, 15) is 18.0 Å². The first kappa shape index (κ1) is 21.7. The number of hydrogen-bond donors (Lipinski definition) is 1. The number of fused-ring (bicyclic) bond motifs is 1. The molecule has 0 bridgehead atoms. The van der Waals surface area contributed by atoms with Crippen molar-refractivity contribution in [2.24, 2.45) is 0 Å². The fourth-order valence-electron chi connectivity index (χ4n) is 3.29. The van der Waals surface area contributed by atoms with Crippen molar-refractivity contribution in [1.82, 2.24) is 19.9 Å². The van der Waals surface area contributed by atoms with Crippen LogP contribution in [0.3, 0.4) is 0 Å². The molecule has 4 rings (SSSR count). The van der Waals surface area contributed by atoms with Gasteiger partial charge in [-0.25, -0.2) is 19.7 Å². The molecule has 3 heterocycles. The number of amides is 1. The van der Waals surface area contributed by atoms with Crippen LogP contribution in [0.2, 0.25) is 0 Å². The number of carboxylic acid groups (broad SMARTS) is 1. The van der Waals surface area contributed by atoms with Crippen LogP contribution < -0.4 is 0 Å². The van der Waals surface area contributed by atoms with Gasteiger partial charge < -0.3 is 10.0 Å². The van der Waals surface area contributed by atoms with E-state index in [1.54, 1.807) is 12.4 Å². The fraction of sp³-hybridized carbons (Fsp3) is 0.450. The zero-order chi connectivity index (χ0) is 21.9. The third kappa shape index (κ3) is 5.31. The van der Waals surface area contributed by atoms with Crippen molar-refractivity contribution in [3.8, 4) is 0 Å². The molecule has 1 N–H and O–H groups in total. The van der Waals surface area contributed by atoms with Crippen molar-refractivity contribution in [3.63, 3.8) is 0 Å². The molecular formula is C20H21F3N4O3. The van der Waals surface area contributed by atoms with Gasteiger partial charge in [0.25, 0.3) is 5.91 Å². The van der Waals surface area contributed by atoms with Gasteiger partial charge in [0.1, 0.15) is 12.0 Å². The quantitative estimate of drug-likeness (QED) is 0.800. The normalized spacial score (nSPS) is 16.1. The van der Waals surface area contributed by atoms with Crippen LogP contribution in [0.1, 0.15) is 51.9 Å². The first-order valence-electron chi connectivity index (χ1n) is 9.52. The van der Waals surface area contributed by atoms with E-state index in [0.717, 1.165) is 24.2 Å². The molecule has 1 saturated carbocycles. The molecule has 1 amide bonds. The van der Waals surface area contributed by atoms with Gasteiger partial charge in [-0.2, -0.15) is 13.2 Å². The summed E-state index contributed by atoms with van der Waals surface area (Å²) in [5.41, 5.74) is 5.02. The summed E-state index contributed by atoms with van der Waals surface area (Å²) >= 11 is 0. The van der Waals surface area contributed by atoms with Crippen LogP contribution in [0.15, 0.2) is 24.5 Å². The number of carboxylic acids is 1. The molecule has 7 nitrogen and oxygen atoms in total. The minimum Gasteiger partial charge on any atom is -0.475 e. The lowest BCUT2D eigenvalue weighted by atomic mass is 10.0. The largest absolute Gasteiger partial charge is 0.490 e. The monoisotopic (exact) mass is 422 g/mol. The van der Waals surface area contributed by atoms with Crippen LogP contribution in [0.5, 0.6) is 0 Å². The molecule has 0 radical (unpaired) electrons. The maximum absolute atomic E-state index is 12.7. The topological polar surface area (TPSA) is 96.3 Å². The highest BCUT2D eigenvalue weighted by Gasteiger charge is 2.38. The molecule has 30 heavy (non-hydrogen) atoms. The Morgan fingerprint density at radius 3 is 2.40 bits per heavy atom. The van der Waals surface area contributed by atoms with Gasteiger partial charge in [-0.3, -0.25) is 4.79 Å². The number of pyridine rings is 1. The molecule has 2 aliphatic rings. The van der Waals surface area contributed by atoms with E-state index in [2.05, 4.69) is 15.0 Å². The molecule has 0 spiro atoms. The summed E-state index contributed by atoms with van der Waals surface area (Å²) in [5, 5.41) is 7.12. The van der Waals surface area contributed by atoms with Crippen molar-refractivity contribution in [2.45, 2.75) is 44.7 Å². The highest BCUT2D eigenvalue weighted by molar-refractivity contribution is 5.92. The van der Waals surface area contributed by atoms with Crippen molar-refractivity contribution in [2.75, 3.05) is 13.1 Å². The summed E-state index contributed by atoms with van der Waals surface area (Å²) in [6.45, 7) is 3.32. The van der Waals surface area contributed by atoms with Crippen molar-refractivity contribution in [3.05, 3.63) is 52.9 Å². The number of carbonyl (C=O) groups excluding carboxylic acids is 1. The summed E-state index contributed by atoms with van der Waals surface area (Å²) in [7, 11) is 0. The second-order valence-corrected chi connectivity index (χ2v) is 7.22. The highest BCUT2D eigenvalue weighted by Crippen LogP contribution is 2.41. The summed E-state index contributed by atoms with van der Waals surface area (Å²) in [6, 6.07) is 5.59. The number of carbonyl (C=O) groups is 2. The van der Waals surface area contributed by atoms with Gasteiger partial charge in [0, 0.05) is 36.8 Å². The van der Waals surface area contributed by atoms with Gasteiger partial charge in [-0.15, -0.1) is 0 Å². The van der Waals surface area contributed by atoms with Crippen molar-refractivity contribution in [1.29, 1.82) is 0 Å². The Morgan fingerprint density at radius 2 is 1.80 bits per heavy atom. The fourth-order valence-corrected chi connectivity index (χ4v) is 3.29. The van der Waals surface area contributed by atoms with Crippen LogP contribution >= 0.6 is 0 Å². The SMILES string of the molecule is Cc1cccc(C(=O)N2CCc3ncnc(C4CC4)c3CC2)n1.O=C(O)C(F)(F)F. The summed E-state index contributed by atoms with van der Waals surface area (Å²) in [4.78, 5) is 36.9. The highest BCUT2D eigenvalue weighted by atomic mass is 19.4. The first-order valence-corrected chi connectivity index (χ1v) is 9.52. The van der Waals surface area contributed by atoms with Gasteiger partial charge in [0.15, 0.2) is 0 Å². The van der Waals surface area contributed by atoms with Crippen LogP contribution in [0.25, 0.3) is 0 Å². The predicted molar refractivity (Wildman–Crippen MR) is 100.0 cm³/mol. The molecular weight excluding hydrogens is 401 g/mol. The zero-order valence-corrected chi connectivity index (χ0v) is 16.3. The summed E-state index contributed by atoms with van der Waals surface area (Å²) in [6.07, 6.45) is 0.722. The van der Waals surface area contributed by atoms with Crippen molar-refractivity contribution >= 4 is 11.9 Å². The molecule has 1 aliphatic carbocycles. The number of alkyl halides is 3. The molecule has 0 unspecified atom stereocenters. The van der Waals surface area contributed by atoms with E-state index in [4.69, 9.17) is 9.90 Å². The third-order valence-electron chi connectivity index (χ3n) is 4.92. The van der Waals surface area contributed by atoms with E-state index in [0.29, 0.717) is 24.7 Å². The Hall–Kier alpha value is -3.04. The van der Waals surface area contributed by atoms with Gasteiger partial charge in [-0.05, 0) is 43.9 Å². The Balaban J connectivity index is 0.000000318. The van der Waals surface area contributed by atoms with Gasteiger partial charge in [0.05, 0.1) is 5.69 Å². The number of rotatable bonds is 2. The summed E-state index contributed by atoms with van der Waals surface area (Å²) in [5.74, 6) is -2.12. The van der Waals surface area contributed by atoms with E-state index in [1.165, 1.54) is 24.1 Å². The number of aryl methyl sites for hydroxylation is 1. The zero-order valence-electron chi connectivity index (χ0n) is 16.3. The summed E-state index contributed by atoms with van der Waals surface area (Å²) < 4.78 is 31.7. The van der Waals surface area contributed by atoms with Gasteiger partial charge >= 0.3 is 12.1 Å². The van der Waals surface area contributed by atoms with Crippen LogP contribution in [-0.4, -0.2) is 56.1 Å². The number of halogens is 3. The van der Waals surface area contributed by atoms with Gasteiger partial charge in [0.2, 0.25) is 0 Å². The molecule has 1 fully saturated rings. The molecule has 160 valence electrons. The maximum atomic E-state index is 12.7. The van der Waals surface area contributed by atoms with Crippen molar-refractivity contribution < 1.29 is 27.9 Å². The molecule has 2 aromatic rings. The van der Waals surface area contributed by atoms with E-state index in [1.807, 2.05) is 24.0 Å². The lowest BCUT2D eigenvalue weighted by molar-refractivity contribution is -0.192. The number of aromatic nitrogens is 3. The number of aliphatic carboxylic acids is 1. The average molecular weight is 422 g/mol. The van der Waals surface area contributed by atoms with E-state index in [-0.39, 0.29) is 5.91 Å². The maximum Gasteiger partial charge on any atom is 0.490 e. The Labute approximate surface area is 171 Å². The third-order valence-corrected chi connectivity index (χ3v) is 4.92. The molecule has 10 heteroatoms. The second-order valence-electron chi connectivity index (χ2n) is 7.22. The lowest BCUT2D eigenvalue weighted by Gasteiger charge is -2.19. The lowest BCUT2D eigenvalue weighted by Crippen LogP contribution is -2.34. The molecule has 0 aromatic carbocycles. The Kier molecular flexibility index (Phi) is 6.33. The standard InChI is InChI=1S/C18H20N4O.C2HF3O2/c1-12-3-2-4-16(21-12)18(23)22-9-7-14-15(8-10-22)19-11-20-17(14)13-5-6-13;3-2(4,5)1(6)7/h2-4,11,13H,5-10H2,1H3;(H,6,7). The molecule has 0 saturated heterocycles. The van der Waals surface area contributed by atoms with Crippen LogP contribution in [0.4, 0.5) is 13.2 Å². The Morgan fingerprint density at radius 1 is 1.13 bits per heavy atom.